The van der Waals surface area contributed by atoms with Crippen LogP contribution in [0.15, 0.2) is 29.4 Å². The van der Waals surface area contributed by atoms with Gasteiger partial charge in [0, 0.05) is 32.4 Å². The topological polar surface area (TPSA) is 105 Å². The summed E-state index contributed by atoms with van der Waals surface area (Å²) in [5, 5.41) is 6.14. The lowest BCUT2D eigenvalue weighted by Crippen LogP contribution is -2.42. The molecule has 10 heteroatoms. The zero-order valence-corrected chi connectivity index (χ0v) is 18.8. The van der Waals surface area contributed by atoms with Crippen LogP contribution in [0.5, 0.6) is 0 Å². The summed E-state index contributed by atoms with van der Waals surface area (Å²) in [7, 11) is -3.35. The third-order valence-electron chi connectivity index (χ3n) is 3.94. The van der Waals surface area contributed by atoms with E-state index in [4.69, 9.17) is 4.74 Å². The van der Waals surface area contributed by atoms with Crippen LogP contribution < -0.4 is 15.4 Å². The molecule has 8 nitrogen and oxygen atoms in total. The fraction of sp³-hybridized carbons (Fsp3) is 0.647. The van der Waals surface area contributed by atoms with Crippen molar-refractivity contribution in [3.05, 3.63) is 30.1 Å². The normalized spacial score (nSPS) is 17.8. The van der Waals surface area contributed by atoms with Crippen LogP contribution in [0.4, 0.5) is 0 Å². The number of pyridine rings is 1. The Morgan fingerprint density at radius 1 is 1.33 bits per heavy atom. The van der Waals surface area contributed by atoms with E-state index in [0.29, 0.717) is 32.2 Å². The summed E-state index contributed by atoms with van der Waals surface area (Å²) in [6.07, 6.45) is 4.76. The van der Waals surface area contributed by atoms with Crippen LogP contribution >= 0.6 is 24.0 Å². The molecule has 0 saturated carbocycles. The number of aromatic nitrogens is 1. The van der Waals surface area contributed by atoms with Crippen molar-refractivity contribution < 1.29 is 13.2 Å². The molecule has 1 fully saturated rings. The molecule has 0 aromatic carbocycles. The van der Waals surface area contributed by atoms with E-state index in [9.17, 15) is 8.42 Å². The van der Waals surface area contributed by atoms with E-state index >= 15 is 0 Å². The Morgan fingerprint density at radius 3 is 2.85 bits per heavy atom. The molecule has 1 aromatic rings. The maximum atomic E-state index is 12.1. The Balaban J connectivity index is 0.00000364. The number of halogens is 1. The summed E-state index contributed by atoms with van der Waals surface area (Å²) in [4.78, 5) is 8.64. The zero-order valence-electron chi connectivity index (χ0n) is 15.7. The Hall–Kier alpha value is -0.980. The molecule has 1 unspecified atom stereocenters. The molecule has 0 bridgehead atoms. The standard InChI is InChI=1S/C17H29N5O3S.HI/c1-2-18-17(21-13-15-7-3-5-9-19-15)20-10-12-26(23,24)22-14-16-8-4-6-11-25-16;/h3,5,7,9,16,22H,2,4,6,8,10-14H2,1H3,(H2,18,20,21);1H. The van der Waals surface area contributed by atoms with E-state index in [-0.39, 0.29) is 42.4 Å². The van der Waals surface area contributed by atoms with Crippen molar-refractivity contribution in [1.82, 2.24) is 20.3 Å². The Bertz CT molecular complexity index is 652. The first-order chi connectivity index (χ1) is 12.6. The van der Waals surface area contributed by atoms with Crippen LogP contribution in [0.2, 0.25) is 0 Å². The summed E-state index contributed by atoms with van der Waals surface area (Å²) in [5.41, 5.74) is 0.853. The molecule has 2 rings (SSSR count). The number of nitrogens with one attached hydrogen (secondary N) is 3. The number of hydrogen-bond donors (Lipinski definition) is 3. The maximum Gasteiger partial charge on any atom is 0.213 e. The van der Waals surface area contributed by atoms with Crippen molar-refractivity contribution in [3.63, 3.8) is 0 Å². The van der Waals surface area contributed by atoms with Gasteiger partial charge in [0.15, 0.2) is 5.96 Å². The predicted octanol–water partition coefficient (Wildman–Crippen LogP) is 1.24. The van der Waals surface area contributed by atoms with Gasteiger partial charge < -0.3 is 15.4 Å². The van der Waals surface area contributed by atoms with Crippen LogP contribution in [0.25, 0.3) is 0 Å². The van der Waals surface area contributed by atoms with Gasteiger partial charge in [-0.25, -0.2) is 18.1 Å². The van der Waals surface area contributed by atoms with Crippen molar-refractivity contribution in [2.45, 2.75) is 38.8 Å². The average molecular weight is 511 g/mol. The molecule has 1 atom stereocenters. The third-order valence-corrected chi connectivity index (χ3v) is 5.29. The van der Waals surface area contributed by atoms with Crippen molar-refractivity contribution in [1.29, 1.82) is 0 Å². The average Bonchev–Trinajstić information content (AvgIpc) is 2.66. The predicted molar refractivity (Wildman–Crippen MR) is 118 cm³/mol. The second-order valence-electron chi connectivity index (χ2n) is 6.10. The van der Waals surface area contributed by atoms with Crippen LogP contribution in [-0.4, -0.2) is 57.5 Å². The molecule has 1 aliphatic rings. The molecule has 2 heterocycles. The SMILES string of the molecule is CCNC(=NCc1ccccn1)NCCS(=O)(=O)NCC1CCCCO1.I. The summed E-state index contributed by atoms with van der Waals surface area (Å²) >= 11 is 0. The Kier molecular flexibility index (Phi) is 11.8. The Labute approximate surface area is 179 Å². The minimum Gasteiger partial charge on any atom is -0.377 e. The van der Waals surface area contributed by atoms with Crippen molar-refractivity contribution in [2.75, 3.05) is 32.0 Å². The number of nitrogens with zero attached hydrogens (tertiary/aromatic N) is 2. The smallest absolute Gasteiger partial charge is 0.213 e. The number of hydrogen-bond acceptors (Lipinski definition) is 5. The van der Waals surface area contributed by atoms with Crippen molar-refractivity contribution in [3.8, 4) is 0 Å². The van der Waals surface area contributed by atoms with E-state index in [0.717, 1.165) is 25.0 Å². The lowest BCUT2D eigenvalue weighted by molar-refractivity contribution is 0.0200. The second-order valence-corrected chi connectivity index (χ2v) is 8.03. The highest BCUT2D eigenvalue weighted by atomic mass is 127. The first kappa shape index (κ1) is 24.1. The van der Waals surface area contributed by atoms with Crippen molar-refractivity contribution in [2.24, 2.45) is 4.99 Å². The molecule has 1 aliphatic heterocycles. The van der Waals surface area contributed by atoms with Gasteiger partial charge in [-0.2, -0.15) is 0 Å². The zero-order chi connectivity index (χ0) is 18.7. The van der Waals surface area contributed by atoms with E-state index in [1.807, 2.05) is 25.1 Å². The van der Waals surface area contributed by atoms with Gasteiger partial charge in [0.05, 0.1) is 24.1 Å². The lowest BCUT2D eigenvalue weighted by Gasteiger charge is -2.22. The van der Waals surface area contributed by atoms with Crippen LogP contribution in [0, 0.1) is 0 Å². The van der Waals surface area contributed by atoms with E-state index < -0.39 is 10.0 Å². The van der Waals surface area contributed by atoms with Gasteiger partial charge in [0.25, 0.3) is 0 Å². The second kappa shape index (κ2) is 13.2. The summed E-state index contributed by atoms with van der Waals surface area (Å²) in [6.45, 7) is 4.41. The summed E-state index contributed by atoms with van der Waals surface area (Å²) in [5.74, 6) is 0.553. The molecule has 154 valence electrons. The van der Waals surface area contributed by atoms with Gasteiger partial charge in [-0.1, -0.05) is 6.07 Å². The minimum atomic E-state index is -3.35. The van der Waals surface area contributed by atoms with E-state index in [1.165, 1.54) is 0 Å². The third kappa shape index (κ3) is 10.2. The number of aliphatic imine (C=N–C) groups is 1. The first-order valence-electron chi connectivity index (χ1n) is 9.10. The Morgan fingerprint density at radius 2 is 2.19 bits per heavy atom. The molecule has 0 amide bonds. The number of ether oxygens (including phenoxy) is 1. The van der Waals surface area contributed by atoms with E-state index in [2.05, 4.69) is 25.3 Å². The quantitative estimate of drug-likeness (QED) is 0.262. The number of guanidine groups is 1. The van der Waals surface area contributed by atoms with Gasteiger partial charge in [-0.3, -0.25) is 4.98 Å². The maximum absolute atomic E-state index is 12.1. The van der Waals surface area contributed by atoms with Crippen LogP contribution in [-0.2, 0) is 21.3 Å². The molecular weight excluding hydrogens is 481 g/mol. The van der Waals surface area contributed by atoms with E-state index in [1.54, 1.807) is 6.20 Å². The highest BCUT2D eigenvalue weighted by molar-refractivity contribution is 14.0. The first-order valence-corrected chi connectivity index (χ1v) is 10.8. The highest BCUT2D eigenvalue weighted by Gasteiger charge is 2.17. The molecule has 1 aromatic heterocycles. The van der Waals surface area contributed by atoms with Crippen molar-refractivity contribution >= 4 is 40.0 Å². The van der Waals surface area contributed by atoms with Gasteiger partial charge in [0.2, 0.25) is 10.0 Å². The van der Waals surface area contributed by atoms with Gasteiger partial charge in [0.1, 0.15) is 0 Å². The van der Waals surface area contributed by atoms with Crippen LogP contribution in [0.3, 0.4) is 0 Å². The molecule has 3 N–H and O–H groups in total. The van der Waals surface area contributed by atoms with Crippen LogP contribution in [0.1, 0.15) is 31.9 Å². The highest BCUT2D eigenvalue weighted by Crippen LogP contribution is 2.11. The van der Waals surface area contributed by atoms with Gasteiger partial charge >= 0.3 is 0 Å². The van der Waals surface area contributed by atoms with Gasteiger partial charge in [-0.05, 0) is 38.3 Å². The largest absolute Gasteiger partial charge is 0.377 e. The molecule has 27 heavy (non-hydrogen) atoms. The summed E-state index contributed by atoms with van der Waals surface area (Å²) in [6, 6.07) is 5.66. The van der Waals surface area contributed by atoms with Gasteiger partial charge in [-0.15, -0.1) is 24.0 Å². The molecule has 0 radical (unpaired) electrons. The molecule has 0 spiro atoms. The minimum absolute atomic E-state index is 0. The summed E-state index contributed by atoms with van der Waals surface area (Å²) < 4.78 is 32.4. The fourth-order valence-electron chi connectivity index (χ4n) is 2.56. The molecule has 0 aliphatic carbocycles. The molecule has 1 saturated heterocycles. The number of sulfonamides is 1. The monoisotopic (exact) mass is 511 g/mol. The number of rotatable bonds is 9. The lowest BCUT2D eigenvalue weighted by atomic mass is 10.1. The molecular formula is C17H30IN5O3S. The fourth-order valence-corrected chi connectivity index (χ4v) is 3.51.